The van der Waals surface area contributed by atoms with E-state index in [9.17, 15) is 14.4 Å². The monoisotopic (exact) mass is 712 g/mol. The Morgan fingerprint density at radius 1 is 0.660 bits per heavy atom. The molecule has 53 heavy (non-hydrogen) atoms. The highest BCUT2D eigenvalue weighted by Gasteiger charge is 2.60. The molecule has 270 valence electrons. The fourth-order valence-corrected chi connectivity index (χ4v) is 6.67. The zero-order chi connectivity index (χ0) is 36.4. The van der Waals surface area contributed by atoms with Gasteiger partial charge >= 0.3 is 12.2 Å². The van der Waals surface area contributed by atoms with Crippen molar-refractivity contribution in [2.24, 2.45) is 0 Å². The number of carbonyl (C=O) groups is 3. The highest BCUT2D eigenvalue weighted by atomic mass is 16.7. The molecule has 4 atom stereocenters. The average Bonchev–Trinajstić information content (AvgIpc) is 3.77. The van der Waals surface area contributed by atoms with Gasteiger partial charge in [0.15, 0.2) is 12.3 Å². The van der Waals surface area contributed by atoms with E-state index < -0.39 is 42.4 Å². The Kier molecular flexibility index (Phi) is 11.4. The molecule has 7 rings (SSSR count). The molecule has 2 aliphatic rings. The van der Waals surface area contributed by atoms with Crippen LogP contribution < -0.4 is 5.43 Å². The SMILES string of the molecule is O=C(NN(C(=O)OCc1ccccc1)[C@@H]1C(=O)N2[C@@H](c3ccccc3)OC[C@@H]2[C@H]1N(Cc1ccccc1)OCc1ccccc1)OCc1ccccc1. The molecule has 0 aromatic heterocycles. The molecule has 0 saturated carbocycles. The van der Waals surface area contributed by atoms with Crippen LogP contribution in [0.4, 0.5) is 9.59 Å². The van der Waals surface area contributed by atoms with Gasteiger partial charge in [0.25, 0.3) is 5.91 Å². The second kappa shape index (κ2) is 17.0. The summed E-state index contributed by atoms with van der Waals surface area (Å²) in [4.78, 5) is 50.9. The van der Waals surface area contributed by atoms with E-state index in [0.717, 1.165) is 32.8 Å². The normalized spacial score (nSPS) is 19.1. The van der Waals surface area contributed by atoms with Gasteiger partial charge in [0.2, 0.25) is 0 Å². The molecule has 5 aromatic carbocycles. The van der Waals surface area contributed by atoms with E-state index in [1.54, 1.807) is 9.96 Å². The first kappa shape index (κ1) is 35.4. The van der Waals surface area contributed by atoms with E-state index in [2.05, 4.69) is 5.43 Å². The quantitative estimate of drug-likeness (QED) is 0.141. The maximum absolute atomic E-state index is 14.9. The number of hydrazine groups is 1. The number of ether oxygens (including phenoxy) is 3. The van der Waals surface area contributed by atoms with Gasteiger partial charge in [0, 0.05) is 12.1 Å². The summed E-state index contributed by atoms with van der Waals surface area (Å²) < 4.78 is 17.6. The van der Waals surface area contributed by atoms with Crippen LogP contribution in [0.2, 0.25) is 0 Å². The van der Waals surface area contributed by atoms with Crippen LogP contribution >= 0.6 is 0 Å². The maximum atomic E-state index is 14.9. The fraction of sp³-hybridized carbons (Fsp3) is 0.214. The molecule has 0 aliphatic carbocycles. The molecular formula is C42H40N4O7. The number of hydrogen-bond acceptors (Lipinski definition) is 8. The summed E-state index contributed by atoms with van der Waals surface area (Å²) in [5, 5.41) is 2.67. The largest absolute Gasteiger partial charge is 0.443 e. The lowest BCUT2D eigenvalue weighted by atomic mass is 10.0. The molecule has 3 amide bonds. The van der Waals surface area contributed by atoms with Gasteiger partial charge in [-0.3, -0.25) is 9.63 Å². The van der Waals surface area contributed by atoms with E-state index in [1.807, 2.05) is 152 Å². The van der Waals surface area contributed by atoms with Crippen molar-refractivity contribution in [3.63, 3.8) is 0 Å². The van der Waals surface area contributed by atoms with Gasteiger partial charge in [-0.1, -0.05) is 152 Å². The van der Waals surface area contributed by atoms with Crippen molar-refractivity contribution in [2.75, 3.05) is 6.61 Å². The minimum absolute atomic E-state index is 0.0550. The number of carbonyl (C=O) groups excluding carboxylic acids is 3. The molecule has 0 radical (unpaired) electrons. The zero-order valence-electron chi connectivity index (χ0n) is 29.0. The number of benzene rings is 5. The number of amides is 3. The van der Waals surface area contributed by atoms with Crippen LogP contribution in [0, 0.1) is 0 Å². The number of nitrogens with one attached hydrogen (secondary N) is 1. The van der Waals surface area contributed by atoms with E-state index in [4.69, 9.17) is 19.0 Å². The topological polar surface area (TPSA) is 110 Å². The number of fused-ring (bicyclic) bond motifs is 1. The lowest BCUT2D eigenvalue weighted by molar-refractivity contribution is -0.216. The molecule has 11 heteroatoms. The van der Waals surface area contributed by atoms with Crippen LogP contribution in [0.1, 0.15) is 34.0 Å². The summed E-state index contributed by atoms with van der Waals surface area (Å²) in [6.07, 6.45) is -2.60. The van der Waals surface area contributed by atoms with Crippen molar-refractivity contribution in [3.05, 3.63) is 179 Å². The molecule has 2 aliphatic heterocycles. The van der Waals surface area contributed by atoms with E-state index >= 15 is 0 Å². The van der Waals surface area contributed by atoms with Crippen LogP contribution in [-0.2, 0) is 50.2 Å². The smallest absolute Gasteiger partial charge is 0.429 e. The van der Waals surface area contributed by atoms with Gasteiger partial charge < -0.3 is 19.1 Å². The molecule has 2 heterocycles. The van der Waals surface area contributed by atoms with Crippen LogP contribution in [0.25, 0.3) is 0 Å². The Balaban J connectivity index is 1.26. The molecular weight excluding hydrogens is 672 g/mol. The highest BCUT2D eigenvalue weighted by molar-refractivity contribution is 5.90. The van der Waals surface area contributed by atoms with Gasteiger partial charge in [-0.05, 0) is 22.3 Å². The van der Waals surface area contributed by atoms with Crippen molar-refractivity contribution in [2.45, 2.75) is 50.7 Å². The predicted molar refractivity (Wildman–Crippen MR) is 195 cm³/mol. The maximum Gasteiger partial charge on any atom is 0.429 e. The number of hydroxylamine groups is 2. The summed E-state index contributed by atoms with van der Waals surface area (Å²) in [6, 6.07) is 44.4. The first-order chi connectivity index (χ1) is 26.0. The fourth-order valence-electron chi connectivity index (χ4n) is 6.67. The van der Waals surface area contributed by atoms with Crippen molar-refractivity contribution in [1.82, 2.24) is 20.4 Å². The van der Waals surface area contributed by atoms with Gasteiger partial charge in [-0.25, -0.2) is 20.0 Å². The van der Waals surface area contributed by atoms with Crippen LogP contribution in [0.5, 0.6) is 0 Å². The molecule has 2 fully saturated rings. The van der Waals surface area contributed by atoms with E-state index in [1.165, 1.54) is 0 Å². The lowest BCUT2D eigenvalue weighted by Crippen LogP contribution is -2.61. The summed E-state index contributed by atoms with van der Waals surface area (Å²) in [7, 11) is 0. The van der Waals surface area contributed by atoms with Crippen molar-refractivity contribution < 1.29 is 33.4 Å². The second-order valence-corrected chi connectivity index (χ2v) is 12.7. The molecule has 0 spiro atoms. The average molecular weight is 713 g/mol. The molecule has 0 bridgehead atoms. The third-order valence-electron chi connectivity index (χ3n) is 9.20. The number of nitrogens with zero attached hydrogens (tertiary/aromatic N) is 3. The molecule has 11 nitrogen and oxygen atoms in total. The first-order valence-corrected chi connectivity index (χ1v) is 17.5. The zero-order valence-corrected chi connectivity index (χ0v) is 29.0. The lowest BCUT2D eigenvalue weighted by Gasteiger charge is -2.37. The Labute approximate surface area is 308 Å². The Bertz CT molecular complexity index is 1940. The van der Waals surface area contributed by atoms with Gasteiger partial charge in [0.1, 0.15) is 13.2 Å². The number of rotatable bonds is 12. The highest BCUT2D eigenvalue weighted by Crippen LogP contribution is 2.41. The van der Waals surface area contributed by atoms with Crippen molar-refractivity contribution in [1.29, 1.82) is 0 Å². The summed E-state index contributed by atoms with van der Waals surface area (Å²) in [5.41, 5.74) is 6.67. The molecule has 0 unspecified atom stereocenters. The van der Waals surface area contributed by atoms with Gasteiger partial charge in [-0.15, -0.1) is 0 Å². The minimum atomic E-state index is -1.30. The first-order valence-electron chi connectivity index (χ1n) is 17.5. The standard InChI is InChI=1S/C42H40N4O7/c47-39-38(46(42(49)52-28-33-20-10-3-11-21-33)43-41(48)51-27-32-18-8-2-9-19-32)37(36-30-50-40(45(36)39)35-24-14-5-15-25-35)44(26-31-16-6-1-7-17-31)53-29-34-22-12-4-13-23-34/h1-25,36-38,40H,26-30H2,(H,43,48)/t36-,37-,38+,40-/m1/s1. The van der Waals surface area contributed by atoms with E-state index in [0.29, 0.717) is 0 Å². The Morgan fingerprint density at radius 3 is 1.72 bits per heavy atom. The second-order valence-electron chi connectivity index (χ2n) is 12.7. The third-order valence-corrected chi connectivity index (χ3v) is 9.20. The summed E-state index contributed by atoms with van der Waals surface area (Å²) in [6.45, 7) is 0.446. The van der Waals surface area contributed by atoms with Crippen molar-refractivity contribution >= 4 is 18.1 Å². The molecule has 5 aromatic rings. The minimum Gasteiger partial charge on any atom is -0.443 e. The summed E-state index contributed by atoms with van der Waals surface area (Å²) >= 11 is 0. The van der Waals surface area contributed by atoms with Crippen LogP contribution in [0.3, 0.4) is 0 Å². The predicted octanol–water partition coefficient (Wildman–Crippen LogP) is 6.78. The summed E-state index contributed by atoms with van der Waals surface area (Å²) in [5.74, 6) is -0.451. The van der Waals surface area contributed by atoms with Crippen LogP contribution in [0.15, 0.2) is 152 Å². The van der Waals surface area contributed by atoms with Crippen molar-refractivity contribution in [3.8, 4) is 0 Å². The molecule has 1 N–H and O–H groups in total. The third kappa shape index (κ3) is 8.56. The van der Waals surface area contributed by atoms with Crippen LogP contribution in [-0.4, -0.2) is 57.8 Å². The van der Waals surface area contributed by atoms with E-state index in [-0.39, 0.29) is 33.0 Å². The Morgan fingerprint density at radius 2 is 1.15 bits per heavy atom. The Hall–Kier alpha value is -6.01. The molecule has 2 saturated heterocycles. The number of hydrogen-bond donors (Lipinski definition) is 1. The van der Waals surface area contributed by atoms with Gasteiger partial charge in [-0.2, -0.15) is 5.06 Å². The van der Waals surface area contributed by atoms with Gasteiger partial charge in [0.05, 0.1) is 25.3 Å².